The first-order valence-corrected chi connectivity index (χ1v) is 12.4. The molecule has 0 unspecified atom stereocenters. The Morgan fingerprint density at radius 2 is 1.82 bits per heavy atom. The van der Waals surface area contributed by atoms with Gasteiger partial charge in [-0.3, -0.25) is 14.9 Å². The van der Waals surface area contributed by atoms with Crippen LogP contribution in [0.5, 0.6) is 0 Å². The summed E-state index contributed by atoms with van der Waals surface area (Å²) in [7, 11) is 1.69. The highest BCUT2D eigenvalue weighted by Crippen LogP contribution is 2.39. The Bertz CT molecular complexity index is 1410. The first-order chi connectivity index (χ1) is 19.0. The van der Waals surface area contributed by atoms with E-state index in [-0.39, 0.29) is 36.7 Å². The minimum absolute atomic E-state index is 0.0443. The van der Waals surface area contributed by atoms with Gasteiger partial charge < -0.3 is 19.9 Å². The fraction of sp³-hybridized carbons (Fsp3) is 0.296. The number of carbonyl (C=O) groups is 3. The average molecular weight is 557 g/mol. The molecule has 1 aliphatic rings. The lowest BCUT2D eigenvalue weighted by molar-refractivity contribution is -0.138. The van der Waals surface area contributed by atoms with Crippen LogP contribution in [0.4, 0.5) is 18.0 Å². The monoisotopic (exact) mass is 556 g/mol. The third kappa shape index (κ3) is 6.84. The number of halogens is 3. The van der Waals surface area contributed by atoms with E-state index >= 15 is 0 Å². The molecule has 10 nitrogen and oxygen atoms in total. The van der Waals surface area contributed by atoms with Crippen LogP contribution in [0.1, 0.15) is 56.3 Å². The van der Waals surface area contributed by atoms with Crippen molar-refractivity contribution in [3.63, 3.8) is 0 Å². The molecule has 0 bridgehead atoms. The molecule has 13 heteroatoms. The Morgan fingerprint density at radius 1 is 1.12 bits per heavy atom. The molecule has 0 saturated carbocycles. The van der Waals surface area contributed by atoms with Gasteiger partial charge in [0.15, 0.2) is 0 Å². The lowest BCUT2D eigenvalue weighted by Crippen LogP contribution is -2.39. The molecule has 1 fully saturated rings. The number of benzene rings is 2. The lowest BCUT2D eigenvalue weighted by atomic mass is 9.85. The molecule has 3 aromatic rings. The topological polar surface area (TPSA) is 132 Å². The second-order valence-corrected chi connectivity index (χ2v) is 9.25. The molecule has 210 valence electrons. The van der Waals surface area contributed by atoms with Crippen LogP contribution in [0.15, 0.2) is 66.0 Å². The highest BCUT2D eigenvalue weighted by molar-refractivity contribution is 6.07. The second kappa shape index (κ2) is 12.0. The van der Waals surface area contributed by atoms with E-state index in [1.807, 2.05) is 0 Å². The summed E-state index contributed by atoms with van der Waals surface area (Å²) < 4.78 is 48.6. The summed E-state index contributed by atoms with van der Waals surface area (Å²) in [6, 6.07) is 12.0. The summed E-state index contributed by atoms with van der Waals surface area (Å²) in [4.78, 5) is 46.1. The number of hydrogen-bond acceptors (Lipinski definition) is 5. The number of amides is 3. The zero-order valence-corrected chi connectivity index (χ0v) is 21.5. The summed E-state index contributed by atoms with van der Waals surface area (Å²) in [5, 5.41) is 2.11. The molecule has 3 amide bonds. The van der Waals surface area contributed by atoms with E-state index in [1.165, 1.54) is 24.7 Å². The van der Waals surface area contributed by atoms with Gasteiger partial charge in [0.1, 0.15) is 12.3 Å². The Balaban J connectivity index is 1.41. The van der Waals surface area contributed by atoms with Crippen LogP contribution in [-0.4, -0.2) is 51.4 Å². The van der Waals surface area contributed by atoms with Gasteiger partial charge >= 0.3 is 12.3 Å². The molecule has 0 spiro atoms. The zero-order chi connectivity index (χ0) is 28.9. The zero-order valence-electron chi connectivity index (χ0n) is 21.5. The van der Waals surface area contributed by atoms with Gasteiger partial charge in [0.05, 0.1) is 18.1 Å². The molecule has 2 aromatic carbocycles. The number of imidazole rings is 1. The van der Waals surface area contributed by atoms with Gasteiger partial charge in [-0.25, -0.2) is 9.78 Å². The largest absolute Gasteiger partial charge is 0.443 e. The van der Waals surface area contributed by atoms with Gasteiger partial charge in [-0.1, -0.05) is 36.4 Å². The van der Waals surface area contributed by atoms with Crippen LogP contribution >= 0.6 is 0 Å². The van der Waals surface area contributed by atoms with Crippen molar-refractivity contribution in [2.45, 2.75) is 31.5 Å². The third-order valence-corrected chi connectivity index (χ3v) is 6.54. The van der Waals surface area contributed by atoms with E-state index in [9.17, 15) is 27.6 Å². The molecule has 3 N–H and O–H groups in total. The predicted octanol–water partition coefficient (Wildman–Crippen LogP) is 3.84. The van der Waals surface area contributed by atoms with Gasteiger partial charge in [-0.15, -0.1) is 4.99 Å². The van der Waals surface area contributed by atoms with Crippen molar-refractivity contribution in [3.8, 4) is 0 Å². The van der Waals surface area contributed by atoms with E-state index in [0.717, 1.165) is 6.07 Å². The van der Waals surface area contributed by atoms with Crippen molar-refractivity contribution in [3.05, 3.63) is 89.0 Å². The van der Waals surface area contributed by atoms with Crippen molar-refractivity contribution in [1.29, 1.82) is 0 Å². The number of aryl methyl sites for hydroxylation is 1. The second-order valence-electron chi connectivity index (χ2n) is 9.25. The number of nitrogens with zero attached hydrogens (tertiary/aromatic N) is 4. The number of guanidine groups is 1. The van der Waals surface area contributed by atoms with Crippen molar-refractivity contribution >= 4 is 23.9 Å². The van der Waals surface area contributed by atoms with Gasteiger partial charge in [0.25, 0.3) is 11.8 Å². The molecule has 0 aliphatic carbocycles. The van der Waals surface area contributed by atoms with Crippen molar-refractivity contribution < 1.29 is 32.3 Å². The van der Waals surface area contributed by atoms with Gasteiger partial charge in [0, 0.05) is 25.7 Å². The molecule has 2 heterocycles. The van der Waals surface area contributed by atoms with Crippen LogP contribution in [-0.2, 0) is 24.6 Å². The maximum Gasteiger partial charge on any atom is 0.437 e. The highest BCUT2D eigenvalue weighted by atomic mass is 19.4. The minimum Gasteiger partial charge on any atom is -0.443 e. The van der Waals surface area contributed by atoms with Gasteiger partial charge in [-0.2, -0.15) is 13.2 Å². The standard InChI is InChI=1S/C27H27F3N6O4/c1-35-16-32-14-22(35)24(38)36-11-9-18(10-12-36)20-8-7-19(13-21(20)27(28,29)30)23(37)33-25(31)34-26(39)40-15-17-5-3-2-4-6-17/h2-8,13-14,16,18H,9-12,15H2,1H3,(H3,31,33,34,37,39). The van der Waals surface area contributed by atoms with E-state index in [0.29, 0.717) is 24.1 Å². The fourth-order valence-corrected chi connectivity index (χ4v) is 4.48. The number of carbonyl (C=O) groups excluding carboxylic acids is 3. The molecular weight excluding hydrogens is 529 g/mol. The number of likely N-dealkylation sites (tertiary alicyclic amines) is 1. The molecule has 4 rings (SSSR count). The van der Waals surface area contributed by atoms with E-state index in [2.05, 4.69) is 15.3 Å². The third-order valence-electron chi connectivity index (χ3n) is 6.54. The van der Waals surface area contributed by atoms with Crippen LogP contribution < -0.4 is 11.1 Å². The molecule has 0 atom stereocenters. The quantitative estimate of drug-likeness (QED) is 0.363. The number of nitrogens with two attached hydrogens (primary N) is 1. The molecule has 1 aliphatic heterocycles. The smallest absolute Gasteiger partial charge is 0.437 e. The van der Waals surface area contributed by atoms with E-state index < -0.39 is 35.6 Å². The van der Waals surface area contributed by atoms with Crippen LogP contribution in [0.3, 0.4) is 0 Å². The number of alkyl halides is 3. The Kier molecular flexibility index (Phi) is 8.51. The molecule has 1 saturated heterocycles. The summed E-state index contributed by atoms with van der Waals surface area (Å²) in [6.45, 7) is 0.486. The summed E-state index contributed by atoms with van der Waals surface area (Å²) in [5.74, 6) is -2.28. The number of aromatic nitrogens is 2. The Morgan fingerprint density at radius 3 is 2.45 bits per heavy atom. The van der Waals surface area contributed by atoms with E-state index in [1.54, 1.807) is 46.8 Å². The summed E-state index contributed by atoms with van der Waals surface area (Å²) in [5.41, 5.74) is 5.48. The summed E-state index contributed by atoms with van der Waals surface area (Å²) >= 11 is 0. The molecule has 1 aromatic heterocycles. The van der Waals surface area contributed by atoms with E-state index in [4.69, 9.17) is 10.5 Å². The SMILES string of the molecule is Cn1cncc1C(=O)N1CCC(c2ccc(C(=O)N/C(N)=N\C(=O)OCc3ccccc3)cc2C(F)(F)F)CC1. The van der Waals surface area contributed by atoms with Crippen LogP contribution in [0, 0.1) is 0 Å². The number of piperidine rings is 1. The number of aliphatic imine (C=N–C) groups is 1. The van der Waals surface area contributed by atoms with Crippen LogP contribution in [0.2, 0.25) is 0 Å². The van der Waals surface area contributed by atoms with Gasteiger partial charge in [0.2, 0.25) is 5.96 Å². The Labute approximate surface area is 227 Å². The van der Waals surface area contributed by atoms with Crippen molar-refractivity contribution in [1.82, 2.24) is 19.8 Å². The average Bonchev–Trinajstić information content (AvgIpc) is 3.37. The maximum atomic E-state index is 14.0. The highest BCUT2D eigenvalue weighted by Gasteiger charge is 2.37. The first kappa shape index (κ1) is 28.3. The summed E-state index contributed by atoms with van der Waals surface area (Å²) in [6.07, 6.45) is -2.20. The fourth-order valence-electron chi connectivity index (χ4n) is 4.48. The Hall–Kier alpha value is -4.68. The van der Waals surface area contributed by atoms with Gasteiger partial charge in [-0.05, 0) is 42.0 Å². The predicted molar refractivity (Wildman–Crippen MR) is 138 cm³/mol. The molecular formula is C27H27F3N6O4. The molecule has 0 radical (unpaired) electrons. The van der Waals surface area contributed by atoms with Crippen molar-refractivity contribution in [2.75, 3.05) is 13.1 Å². The maximum absolute atomic E-state index is 14.0. The number of rotatable bonds is 5. The van der Waals surface area contributed by atoms with Crippen LogP contribution in [0.25, 0.3) is 0 Å². The normalized spacial score (nSPS) is 14.6. The minimum atomic E-state index is -4.73. The number of hydrogen-bond donors (Lipinski definition) is 2. The molecule has 40 heavy (non-hydrogen) atoms. The number of nitrogens with one attached hydrogen (secondary N) is 1. The first-order valence-electron chi connectivity index (χ1n) is 12.4. The van der Waals surface area contributed by atoms with Crippen molar-refractivity contribution in [2.24, 2.45) is 17.8 Å². The lowest BCUT2D eigenvalue weighted by Gasteiger charge is -2.33. The number of ether oxygens (including phenoxy) is 1.